The van der Waals surface area contributed by atoms with Crippen LogP contribution in [0.3, 0.4) is 0 Å². The lowest BCUT2D eigenvalue weighted by molar-refractivity contribution is 0.0517. The molecule has 1 aliphatic heterocycles. The van der Waals surface area contributed by atoms with E-state index in [9.17, 15) is 4.79 Å². The van der Waals surface area contributed by atoms with Crippen LogP contribution in [0.2, 0.25) is 0 Å². The number of hydrogen-bond donors (Lipinski definition) is 1. The molecule has 98 valence electrons. The molecule has 1 aromatic carbocycles. The number of benzene rings is 1. The summed E-state index contributed by atoms with van der Waals surface area (Å²) in [5.74, 6) is 0.0804. The summed E-state index contributed by atoms with van der Waals surface area (Å²) in [4.78, 5) is 11.8. The molecule has 18 heavy (non-hydrogen) atoms. The molecule has 0 radical (unpaired) electrons. The minimum atomic E-state index is -0.418. The summed E-state index contributed by atoms with van der Waals surface area (Å²) in [5, 5.41) is 0. The van der Waals surface area contributed by atoms with E-state index in [1.807, 2.05) is 0 Å². The van der Waals surface area contributed by atoms with Gasteiger partial charge in [-0.15, -0.1) is 0 Å². The second kappa shape index (κ2) is 5.73. The highest BCUT2D eigenvalue weighted by molar-refractivity contribution is 5.93. The zero-order valence-electron chi connectivity index (χ0n) is 10.3. The Hall–Kier alpha value is -1.75. The van der Waals surface area contributed by atoms with Crippen molar-refractivity contribution in [3.05, 3.63) is 23.8 Å². The average Bonchev–Trinajstić information content (AvgIpc) is 2.84. The van der Waals surface area contributed by atoms with Gasteiger partial charge in [-0.2, -0.15) is 0 Å². The van der Waals surface area contributed by atoms with Gasteiger partial charge in [0.25, 0.3) is 0 Å². The standard InChI is InChI=1S/C13H17NO4/c1-2-17-13(15)11-7-9(14)3-4-12(11)18-10-5-6-16-8-10/h3-4,7,10H,2,5-6,8,14H2,1H3. The quantitative estimate of drug-likeness (QED) is 0.650. The molecule has 1 aromatic rings. The van der Waals surface area contributed by atoms with Crippen LogP contribution in [0.1, 0.15) is 23.7 Å². The van der Waals surface area contributed by atoms with Gasteiger partial charge in [0.2, 0.25) is 0 Å². The average molecular weight is 251 g/mol. The van der Waals surface area contributed by atoms with Crippen LogP contribution >= 0.6 is 0 Å². The highest BCUT2D eigenvalue weighted by Crippen LogP contribution is 2.25. The molecule has 0 saturated carbocycles. The van der Waals surface area contributed by atoms with E-state index in [0.717, 1.165) is 6.42 Å². The van der Waals surface area contributed by atoms with Gasteiger partial charge in [0.05, 0.1) is 19.8 Å². The summed E-state index contributed by atoms with van der Waals surface area (Å²) in [6, 6.07) is 4.97. The van der Waals surface area contributed by atoms with Crippen molar-refractivity contribution >= 4 is 11.7 Å². The Balaban J connectivity index is 2.19. The van der Waals surface area contributed by atoms with Crippen LogP contribution < -0.4 is 10.5 Å². The zero-order chi connectivity index (χ0) is 13.0. The minimum Gasteiger partial charge on any atom is -0.487 e. The topological polar surface area (TPSA) is 70.8 Å². The summed E-state index contributed by atoms with van der Waals surface area (Å²) in [7, 11) is 0. The van der Waals surface area contributed by atoms with Crippen molar-refractivity contribution in [2.24, 2.45) is 0 Å². The van der Waals surface area contributed by atoms with Gasteiger partial charge in [-0.25, -0.2) is 4.79 Å². The lowest BCUT2D eigenvalue weighted by atomic mass is 10.1. The second-order valence-corrected chi connectivity index (χ2v) is 4.08. The highest BCUT2D eigenvalue weighted by atomic mass is 16.6. The molecule has 1 saturated heterocycles. The van der Waals surface area contributed by atoms with Gasteiger partial charge in [-0.05, 0) is 25.1 Å². The summed E-state index contributed by atoms with van der Waals surface area (Å²) in [6.07, 6.45) is 0.814. The van der Waals surface area contributed by atoms with Crippen LogP contribution in [0.25, 0.3) is 0 Å². The maximum atomic E-state index is 11.8. The van der Waals surface area contributed by atoms with E-state index in [-0.39, 0.29) is 6.10 Å². The van der Waals surface area contributed by atoms with Crippen LogP contribution in [-0.2, 0) is 9.47 Å². The third-order valence-corrected chi connectivity index (χ3v) is 2.68. The number of nitrogens with two attached hydrogens (primary N) is 1. The molecular weight excluding hydrogens is 234 g/mol. The van der Waals surface area contributed by atoms with E-state index in [4.69, 9.17) is 19.9 Å². The Morgan fingerprint density at radius 2 is 2.39 bits per heavy atom. The molecule has 2 N–H and O–H groups in total. The van der Waals surface area contributed by atoms with Crippen molar-refractivity contribution in [3.63, 3.8) is 0 Å². The van der Waals surface area contributed by atoms with E-state index in [2.05, 4.69) is 0 Å². The lowest BCUT2D eigenvalue weighted by Gasteiger charge is -2.15. The number of rotatable bonds is 4. The van der Waals surface area contributed by atoms with Crippen LogP contribution in [0.5, 0.6) is 5.75 Å². The van der Waals surface area contributed by atoms with E-state index >= 15 is 0 Å². The molecule has 0 aromatic heterocycles. The van der Waals surface area contributed by atoms with Gasteiger partial charge in [-0.3, -0.25) is 0 Å². The van der Waals surface area contributed by atoms with Crippen molar-refractivity contribution in [2.75, 3.05) is 25.6 Å². The Morgan fingerprint density at radius 1 is 1.56 bits per heavy atom. The van der Waals surface area contributed by atoms with Gasteiger partial charge in [0.1, 0.15) is 17.4 Å². The van der Waals surface area contributed by atoms with E-state index in [0.29, 0.717) is 36.8 Å². The number of carbonyl (C=O) groups excluding carboxylic acids is 1. The maximum absolute atomic E-state index is 11.8. The first kappa shape index (κ1) is 12.7. The molecule has 1 fully saturated rings. The third-order valence-electron chi connectivity index (χ3n) is 2.68. The molecule has 5 nitrogen and oxygen atoms in total. The Kier molecular flexibility index (Phi) is 4.04. The summed E-state index contributed by atoms with van der Waals surface area (Å²) in [6.45, 7) is 3.32. The van der Waals surface area contributed by atoms with Crippen molar-refractivity contribution in [2.45, 2.75) is 19.4 Å². The van der Waals surface area contributed by atoms with E-state index in [1.165, 1.54) is 0 Å². The van der Waals surface area contributed by atoms with Gasteiger partial charge in [-0.1, -0.05) is 0 Å². The Morgan fingerprint density at radius 3 is 3.06 bits per heavy atom. The zero-order valence-corrected chi connectivity index (χ0v) is 10.3. The second-order valence-electron chi connectivity index (χ2n) is 4.08. The van der Waals surface area contributed by atoms with Gasteiger partial charge in [0.15, 0.2) is 0 Å². The lowest BCUT2D eigenvalue weighted by Crippen LogP contribution is -2.18. The molecule has 0 aliphatic carbocycles. The number of esters is 1. The van der Waals surface area contributed by atoms with Crippen molar-refractivity contribution < 1.29 is 19.0 Å². The molecule has 1 heterocycles. The fraction of sp³-hybridized carbons (Fsp3) is 0.462. The predicted molar refractivity (Wildman–Crippen MR) is 66.7 cm³/mol. The number of carbonyl (C=O) groups is 1. The largest absolute Gasteiger partial charge is 0.487 e. The number of ether oxygens (including phenoxy) is 3. The van der Waals surface area contributed by atoms with E-state index < -0.39 is 5.97 Å². The number of anilines is 1. The number of nitrogen functional groups attached to an aromatic ring is 1. The minimum absolute atomic E-state index is 0.0122. The maximum Gasteiger partial charge on any atom is 0.341 e. The summed E-state index contributed by atoms with van der Waals surface area (Å²) < 4.78 is 16.0. The predicted octanol–water partition coefficient (Wildman–Crippen LogP) is 1.61. The monoisotopic (exact) mass is 251 g/mol. The molecule has 1 aliphatic rings. The molecule has 1 unspecified atom stereocenters. The fourth-order valence-corrected chi connectivity index (χ4v) is 1.80. The van der Waals surface area contributed by atoms with Gasteiger partial charge in [0, 0.05) is 12.1 Å². The number of hydrogen-bond acceptors (Lipinski definition) is 5. The molecule has 0 spiro atoms. The van der Waals surface area contributed by atoms with E-state index in [1.54, 1.807) is 25.1 Å². The highest BCUT2D eigenvalue weighted by Gasteiger charge is 2.21. The van der Waals surface area contributed by atoms with Crippen molar-refractivity contribution in [1.29, 1.82) is 0 Å². The Labute approximate surface area is 106 Å². The normalized spacial score (nSPS) is 18.6. The van der Waals surface area contributed by atoms with Gasteiger partial charge >= 0.3 is 5.97 Å². The molecule has 1 atom stereocenters. The molecule has 5 heteroatoms. The van der Waals surface area contributed by atoms with Crippen LogP contribution in [0.15, 0.2) is 18.2 Å². The van der Waals surface area contributed by atoms with Gasteiger partial charge < -0.3 is 19.9 Å². The first-order valence-corrected chi connectivity index (χ1v) is 6.01. The third kappa shape index (κ3) is 2.92. The summed E-state index contributed by atoms with van der Waals surface area (Å²) >= 11 is 0. The first-order valence-electron chi connectivity index (χ1n) is 6.01. The van der Waals surface area contributed by atoms with Crippen LogP contribution in [0, 0.1) is 0 Å². The Bertz CT molecular complexity index is 427. The van der Waals surface area contributed by atoms with Crippen molar-refractivity contribution in [1.82, 2.24) is 0 Å². The fourth-order valence-electron chi connectivity index (χ4n) is 1.80. The summed E-state index contributed by atoms with van der Waals surface area (Å²) in [5.41, 5.74) is 6.55. The molecule has 0 amide bonds. The first-order chi connectivity index (χ1) is 8.70. The molecule has 2 rings (SSSR count). The van der Waals surface area contributed by atoms with Crippen molar-refractivity contribution in [3.8, 4) is 5.75 Å². The molecule has 0 bridgehead atoms. The smallest absolute Gasteiger partial charge is 0.341 e. The molecular formula is C13H17NO4. The van der Waals surface area contributed by atoms with Crippen LogP contribution in [-0.4, -0.2) is 31.9 Å². The SMILES string of the molecule is CCOC(=O)c1cc(N)ccc1OC1CCOC1. The van der Waals surface area contributed by atoms with Crippen LogP contribution in [0.4, 0.5) is 5.69 Å².